The number of anilines is 2. The van der Waals surface area contributed by atoms with Gasteiger partial charge in [-0.15, -0.1) is 0 Å². The van der Waals surface area contributed by atoms with Crippen molar-refractivity contribution in [2.45, 2.75) is 69.7 Å². The summed E-state index contributed by atoms with van der Waals surface area (Å²) in [6.45, 7) is 5.08. The van der Waals surface area contributed by atoms with Gasteiger partial charge in [-0.1, -0.05) is 47.5 Å². The Morgan fingerprint density at radius 1 is 0.909 bits per heavy atom. The number of piperidine rings is 1. The van der Waals surface area contributed by atoms with Gasteiger partial charge in [-0.3, -0.25) is 4.90 Å². The number of hydrogen-bond acceptors (Lipinski definition) is 8. The van der Waals surface area contributed by atoms with Crippen molar-refractivity contribution in [3.8, 4) is 17.2 Å². The van der Waals surface area contributed by atoms with Gasteiger partial charge in [0, 0.05) is 39.4 Å². The minimum Gasteiger partial charge on any atom is -0.508 e. The highest BCUT2D eigenvalue weighted by molar-refractivity contribution is 6.35. The molecule has 0 aliphatic carbocycles. The van der Waals surface area contributed by atoms with Crippen LogP contribution in [0.1, 0.15) is 67.9 Å². The number of nitrogens with one attached hydrogen (secondary N) is 3. The molecule has 6 rings (SSSR count). The van der Waals surface area contributed by atoms with Crippen molar-refractivity contribution in [1.82, 2.24) is 10.2 Å². The van der Waals surface area contributed by atoms with E-state index >= 15 is 0 Å². The van der Waals surface area contributed by atoms with Gasteiger partial charge >= 0.3 is 12.0 Å². The zero-order valence-electron chi connectivity index (χ0n) is 30.7. The van der Waals surface area contributed by atoms with Gasteiger partial charge in [0.2, 0.25) is 0 Å². The van der Waals surface area contributed by atoms with E-state index in [1.807, 2.05) is 12.1 Å². The number of amides is 2. The van der Waals surface area contributed by atoms with Crippen molar-refractivity contribution < 1.29 is 34.4 Å². The second-order valence-corrected chi connectivity index (χ2v) is 15.1. The number of unbranched alkanes of at least 4 members (excludes halogenated alkanes) is 1. The van der Waals surface area contributed by atoms with E-state index in [9.17, 15) is 24.9 Å². The molecule has 4 aromatic carbocycles. The first kappa shape index (κ1) is 40.0. The average Bonchev–Trinajstić information content (AvgIpc) is 3.17. The SMILES string of the molecule is C[C@H]([C@@H](O)c1ccc(O)cc1)N1CCC(Cc2ccc(OCCCCOc3ccc(NC(=O)N[C@H]4C[C@H](C(=O)O)Nc5cc(Cl)cc(Cl)c54)cc3)cc2)CC1. The monoisotopic (exact) mass is 790 g/mol. The first-order valence-corrected chi connectivity index (χ1v) is 19.5. The maximum atomic E-state index is 12.9. The summed E-state index contributed by atoms with van der Waals surface area (Å²) in [5.74, 6) is 1.29. The average molecular weight is 792 g/mol. The number of halogens is 2. The van der Waals surface area contributed by atoms with Gasteiger partial charge in [0.05, 0.1) is 25.4 Å². The quantitative estimate of drug-likeness (QED) is 0.0652. The summed E-state index contributed by atoms with van der Waals surface area (Å²) in [5, 5.41) is 39.2. The van der Waals surface area contributed by atoms with E-state index in [-0.39, 0.29) is 18.2 Å². The molecule has 13 heteroatoms. The summed E-state index contributed by atoms with van der Waals surface area (Å²) < 4.78 is 11.9. The number of hydrogen-bond donors (Lipinski definition) is 6. The number of aliphatic hydroxyl groups excluding tert-OH is 1. The molecular weight excluding hydrogens is 743 g/mol. The third kappa shape index (κ3) is 11.0. The molecule has 11 nitrogen and oxygen atoms in total. The van der Waals surface area contributed by atoms with Crippen LogP contribution in [0.15, 0.2) is 84.9 Å². The van der Waals surface area contributed by atoms with Crippen LogP contribution in [0.3, 0.4) is 0 Å². The van der Waals surface area contributed by atoms with Crippen LogP contribution in [0.5, 0.6) is 17.2 Å². The Morgan fingerprint density at radius 3 is 2.15 bits per heavy atom. The number of phenols is 1. The number of likely N-dealkylation sites (tertiary alicyclic amines) is 1. The van der Waals surface area contributed by atoms with Crippen LogP contribution >= 0.6 is 23.2 Å². The molecule has 1 fully saturated rings. The van der Waals surface area contributed by atoms with Crippen LogP contribution < -0.4 is 25.4 Å². The molecule has 0 saturated carbocycles. The summed E-state index contributed by atoms with van der Waals surface area (Å²) >= 11 is 12.5. The number of nitrogens with zero attached hydrogens (tertiary/aromatic N) is 1. The summed E-state index contributed by atoms with van der Waals surface area (Å²) in [7, 11) is 0. The number of carboxylic acid groups (broad SMARTS) is 1. The lowest BCUT2D eigenvalue weighted by Crippen LogP contribution is -2.43. The van der Waals surface area contributed by atoms with E-state index < -0.39 is 30.2 Å². The molecule has 0 radical (unpaired) electrons. The number of benzene rings is 4. The van der Waals surface area contributed by atoms with E-state index in [2.05, 4.69) is 39.9 Å². The number of fused-ring (bicyclic) bond motifs is 1. The van der Waals surface area contributed by atoms with E-state index in [0.717, 1.165) is 56.5 Å². The van der Waals surface area contributed by atoms with E-state index in [1.54, 1.807) is 60.7 Å². The second-order valence-electron chi connectivity index (χ2n) is 14.3. The van der Waals surface area contributed by atoms with Crippen molar-refractivity contribution in [2.24, 2.45) is 5.92 Å². The topological polar surface area (TPSA) is 153 Å². The van der Waals surface area contributed by atoms with Gasteiger partial charge in [-0.2, -0.15) is 0 Å². The van der Waals surface area contributed by atoms with Crippen LogP contribution in [0.2, 0.25) is 10.0 Å². The van der Waals surface area contributed by atoms with Gasteiger partial charge in [0.25, 0.3) is 0 Å². The number of carboxylic acids is 1. The summed E-state index contributed by atoms with van der Waals surface area (Å²) in [6, 6.07) is 23.3. The molecule has 0 aromatic heterocycles. The number of ether oxygens (including phenoxy) is 2. The second kappa shape index (κ2) is 18.8. The van der Waals surface area contributed by atoms with Gasteiger partial charge in [-0.05, 0) is 130 Å². The fourth-order valence-electron chi connectivity index (χ4n) is 7.27. The molecule has 1 saturated heterocycles. The molecule has 55 heavy (non-hydrogen) atoms. The highest BCUT2D eigenvalue weighted by Crippen LogP contribution is 2.40. The number of aliphatic carboxylic acids is 1. The van der Waals surface area contributed by atoms with Crippen LogP contribution in [-0.4, -0.2) is 70.6 Å². The lowest BCUT2D eigenvalue weighted by atomic mass is 9.89. The number of phenolic OH excluding ortho intramolecular Hbond substituents is 1. The number of carbonyl (C=O) groups is 2. The van der Waals surface area contributed by atoms with Crippen molar-refractivity contribution >= 4 is 46.6 Å². The highest BCUT2D eigenvalue weighted by Gasteiger charge is 2.34. The molecule has 2 heterocycles. The minimum atomic E-state index is -1.04. The van der Waals surface area contributed by atoms with Crippen molar-refractivity contribution in [2.75, 3.05) is 36.9 Å². The molecular formula is C42H48Cl2N4O7. The molecule has 2 aliphatic heterocycles. The predicted molar refractivity (Wildman–Crippen MR) is 215 cm³/mol. The van der Waals surface area contributed by atoms with Crippen LogP contribution in [-0.2, 0) is 11.2 Å². The van der Waals surface area contributed by atoms with E-state index in [1.165, 1.54) is 5.56 Å². The largest absolute Gasteiger partial charge is 0.508 e. The van der Waals surface area contributed by atoms with Crippen molar-refractivity contribution in [3.63, 3.8) is 0 Å². The number of rotatable bonds is 15. The lowest BCUT2D eigenvalue weighted by molar-refractivity contribution is -0.138. The fourth-order valence-corrected chi connectivity index (χ4v) is 7.89. The zero-order valence-corrected chi connectivity index (χ0v) is 32.2. The number of aliphatic hydroxyl groups is 1. The van der Waals surface area contributed by atoms with E-state index in [0.29, 0.717) is 51.9 Å². The maximum Gasteiger partial charge on any atom is 0.326 e. The summed E-state index contributed by atoms with van der Waals surface area (Å²) in [4.78, 5) is 26.9. The Hall–Kier alpha value is -4.68. The van der Waals surface area contributed by atoms with Gasteiger partial charge in [0.1, 0.15) is 23.3 Å². The first-order chi connectivity index (χ1) is 26.5. The third-order valence-electron chi connectivity index (χ3n) is 10.4. The normalized spacial score (nSPS) is 18.3. The standard InChI is InChI=1S/C42H48Cl2N4O7/c1-26(40(50)29-6-10-32(49)11-7-29)48-18-16-28(17-19-48)22-27-4-12-33(13-5-27)54-20-2-3-21-55-34-14-8-31(9-15-34)45-42(53)47-37-25-38(41(51)52)46-36-24-30(43)23-35(44)39(36)37/h4-15,23-24,26,28,37-38,40,46,49-50H,2-3,16-22,25H2,1H3,(H,51,52)(H2,45,47,53)/t26-,37+,38-,40-/m1/s1. The fraction of sp³-hybridized carbons (Fsp3) is 0.381. The van der Waals surface area contributed by atoms with Crippen LogP contribution in [0, 0.1) is 5.92 Å². The Balaban J connectivity index is 0.853. The first-order valence-electron chi connectivity index (χ1n) is 18.7. The Kier molecular flexibility index (Phi) is 13.7. The van der Waals surface area contributed by atoms with Gasteiger partial charge in [-0.25, -0.2) is 9.59 Å². The molecule has 6 N–H and O–H groups in total. The molecule has 4 aromatic rings. The van der Waals surface area contributed by atoms with E-state index in [4.69, 9.17) is 32.7 Å². The molecule has 0 unspecified atom stereocenters. The van der Waals surface area contributed by atoms with Crippen LogP contribution in [0.25, 0.3) is 0 Å². The molecule has 0 bridgehead atoms. The number of urea groups is 1. The smallest absolute Gasteiger partial charge is 0.326 e. The number of aromatic hydroxyl groups is 1. The molecule has 2 aliphatic rings. The predicted octanol–water partition coefficient (Wildman–Crippen LogP) is 8.45. The summed E-state index contributed by atoms with van der Waals surface area (Å²) in [6.07, 6.45) is 4.37. The molecule has 0 spiro atoms. The number of carbonyl (C=O) groups excluding carboxylic acids is 1. The van der Waals surface area contributed by atoms with Gasteiger partial charge < -0.3 is 40.7 Å². The Morgan fingerprint density at radius 2 is 1.53 bits per heavy atom. The Bertz CT molecular complexity index is 1890. The highest BCUT2D eigenvalue weighted by atomic mass is 35.5. The van der Waals surface area contributed by atoms with Gasteiger partial charge in [0.15, 0.2) is 0 Å². The molecule has 2 amide bonds. The summed E-state index contributed by atoms with van der Waals surface area (Å²) in [5.41, 5.74) is 3.73. The Labute approximate surface area is 331 Å². The lowest BCUT2D eigenvalue weighted by Gasteiger charge is -2.38. The minimum absolute atomic E-state index is 0.0108. The molecule has 4 atom stereocenters. The maximum absolute atomic E-state index is 12.9. The van der Waals surface area contributed by atoms with Crippen LogP contribution in [0.4, 0.5) is 16.2 Å². The third-order valence-corrected chi connectivity index (χ3v) is 10.9. The molecule has 292 valence electrons. The zero-order chi connectivity index (χ0) is 38.9. The van der Waals surface area contributed by atoms with Crippen molar-refractivity contribution in [1.29, 1.82) is 0 Å². The van der Waals surface area contributed by atoms with Crippen molar-refractivity contribution in [3.05, 3.63) is 112 Å².